The highest BCUT2D eigenvalue weighted by Crippen LogP contribution is 2.66. The fraction of sp³-hybridized carbons (Fsp3) is 0.333. The summed E-state index contributed by atoms with van der Waals surface area (Å²) in [6.07, 6.45) is 0. The third-order valence-electron chi connectivity index (χ3n) is 5.40. The van der Waals surface area contributed by atoms with Crippen LogP contribution in [-0.4, -0.2) is 20.0 Å². The van der Waals surface area contributed by atoms with E-state index in [0.29, 0.717) is 0 Å². The van der Waals surface area contributed by atoms with Crippen molar-refractivity contribution in [3.8, 4) is 22.3 Å². The summed E-state index contributed by atoms with van der Waals surface area (Å²) in [6, 6.07) is 16.3. The highest BCUT2D eigenvalue weighted by Gasteiger charge is 2.26. The van der Waals surface area contributed by atoms with Crippen LogP contribution in [0.25, 0.3) is 22.3 Å². The minimum atomic E-state index is -0.984. The van der Waals surface area contributed by atoms with Crippen molar-refractivity contribution in [2.24, 2.45) is 0 Å². The molecule has 1 unspecified atom stereocenters. The molecule has 3 rings (SSSR count). The van der Waals surface area contributed by atoms with Crippen molar-refractivity contribution in [1.29, 1.82) is 0 Å². The lowest BCUT2D eigenvalue weighted by Gasteiger charge is -2.23. The molecular weight excluding hydrogens is 386 g/mol. The molecule has 3 aromatic carbocycles. The molecule has 0 heterocycles. The van der Waals surface area contributed by atoms with Crippen molar-refractivity contribution in [1.82, 2.24) is 0 Å². The Balaban J connectivity index is 2.38. The first-order chi connectivity index (χ1) is 13.5. The smallest absolute Gasteiger partial charge is 0.0610 e. The van der Waals surface area contributed by atoms with Crippen molar-refractivity contribution in [2.75, 3.05) is 20.0 Å². The van der Waals surface area contributed by atoms with Gasteiger partial charge in [-0.05, 0) is 86.1 Å². The monoisotopic (exact) mass is 421 g/mol. The van der Waals surface area contributed by atoms with Gasteiger partial charge in [0.2, 0.25) is 0 Å². The first-order valence-electron chi connectivity index (χ1n) is 10.4. The third kappa shape index (κ3) is 4.82. The summed E-state index contributed by atoms with van der Waals surface area (Å²) < 4.78 is 0. The zero-order chi connectivity index (χ0) is 21.5. The Kier molecular flexibility index (Phi) is 6.38. The van der Waals surface area contributed by atoms with E-state index in [1.807, 2.05) is 0 Å². The fourth-order valence-corrected chi connectivity index (χ4v) is 8.70. The number of hydrogen-bond acceptors (Lipinski definition) is 0. The largest absolute Gasteiger partial charge is 0.0733 e. The molecule has 0 saturated heterocycles. The van der Waals surface area contributed by atoms with E-state index in [-0.39, 0.29) is 0 Å². The Labute approximate surface area is 180 Å². The van der Waals surface area contributed by atoms with Crippen molar-refractivity contribution < 1.29 is 0 Å². The Morgan fingerprint density at radius 2 is 0.931 bits per heavy atom. The highest BCUT2D eigenvalue weighted by molar-refractivity contribution is 8.33. The Hall–Kier alpha value is -1.48. The summed E-state index contributed by atoms with van der Waals surface area (Å²) in [5.74, 6) is 0. The molecule has 29 heavy (non-hydrogen) atoms. The standard InChI is InChI=1S/C27H35P2/c1-17-13-19(3)25(20(4)14-17)23-11-10-12-24(27(23)28-29(7,8)9)26-21(5)15-18(2)16-22(26)6/h10-16,28H,1-9H3/q+1. The van der Waals surface area contributed by atoms with Crippen LogP contribution < -0.4 is 5.30 Å². The second-order valence-electron chi connectivity index (χ2n) is 9.40. The predicted octanol–water partition coefficient (Wildman–Crippen LogP) is 8.00. The first kappa shape index (κ1) is 22.2. The SMILES string of the molecule is Cc1cc(C)c(-c2cccc(-c3c(C)cc(C)cc3C)c2P[P+](C)(C)C)c(C)c1. The van der Waals surface area contributed by atoms with Gasteiger partial charge in [0, 0.05) is 12.3 Å². The van der Waals surface area contributed by atoms with E-state index in [0.717, 1.165) is 8.27 Å². The molecule has 152 valence electrons. The summed E-state index contributed by atoms with van der Waals surface area (Å²) in [5, 5.41) is 1.55. The van der Waals surface area contributed by atoms with Gasteiger partial charge in [-0.2, -0.15) is 0 Å². The molecule has 0 saturated carbocycles. The number of aryl methyl sites for hydroxylation is 6. The van der Waals surface area contributed by atoms with Crippen molar-refractivity contribution in [2.45, 2.75) is 41.5 Å². The second kappa shape index (κ2) is 8.34. The summed E-state index contributed by atoms with van der Waals surface area (Å²) in [4.78, 5) is 0. The predicted molar refractivity (Wildman–Crippen MR) is 138 cm³/mol. The van der Waals surface area contributed by atoms with Crippen LogP contribution in [0.1, 0.15) is 33.4 Å². The number of benzene rings is 3. The summed E-state index contributed by atoms with van der Waals surface area (Å²) in [5.41, 5.74) is 14.0. The van der Waals surface area contributed by atoms with E-state index in [1.54, 1.807) is 5.30 Å². The lowest BCUT2D eigenvalue weighted by atomic mass is 9.89. The highest BCUT2D eigenvalue weighted by atomic mass is 32.1. The van der Waals surface area contributed by atoms with Crippen molar-refractivity contribution in [3.63, 3.8) is 0 Å². The lowest BCUT2D eigenvalue weighted by molar-refractivity contribution is 1.32. The molecule has 1 atom stereocenters. The van der Waals surface area contributed by atoms with E-state index in [1.165, 1.54) is 55.6 Å². The summed E-state index contributed by atoms with van der Waals surface area (Å²) >= 11 is 0. The van der Waals surface area contributed by atoms with Gasteiger partial charge in [0.1, 0.15) is 0 Å². The quantitative estimate of drug-likeness (QED) is 0.374. The zero-order valence-electron chi connectivity index (χ0n) is 19.5. The van der Waals surface area contributed by atoms with E-state index in [2.05, 4.69) is 104 Å². The van der Waals surface area contributed by atoms with Crippen LogP contribution in [0.3, 0.4) is 0 Å². The Morgan fingerprint density at radius 1 is 0.586 bits per heavy atom. The fourth-order valence-electron chi connectivity index (χ4n) is 4.63. The molecule has 0 aliphatic rings. The van der Waals surface area contributed by atoms with E-state index in [9.17, 15) is 0 Å². The van der Waals surface area contributed by atoms with Gasteiger partial charge >= 0.3 is 0 Å². The van der Waals surface area contributed by atoms with Gasteiger partial charge in [-0.3, -0.25) is 0 Å². The Morgan fingerprint density at radius 3 is 1.24 bits per heavy atom. The van der Waals surface area contributed by atoms with Crippen LogP contribution in [0.15, 0.2) is 42.5 Å². The van der Waals surface area contributed by atoms with Crippen LogP contribution in [0.2, 0.25) is 0 Å². The molecule has 0 bridgehead atoms. The third-order valence-corrected chi connectivity index (χ3v) is 9.52. The van der Waals surface area contributed by atoms with Gasteiger partial charge in [0.25, 0.3) is 0 Å². The minimum Gasteiger partial charge on any atom is -0.0610 e. The van der Waals surface area contributed by atoms with Crippen LogP contribution >= 0.6 is 15.2 Å². The molecule has 0 aliphatic heterocycles. The second-order valence-corrected chi connectivity index (χ2v) is 18.8. The van der Waals surface area contributed by atoms with Crippen LogP contribution in [0.5, 0.6) is 0 Å². The van der Waals surface area contributed by atoms with E-state index >= 15 is 0 Å². The van der Waals surface area contributed by atoms with E-state index in [4.69, 9.17) is 0 Å². The maximum atomic E-state index is 2.47. The molecule has 0 N–H and O–H groups in total. The van der Waals surface area contributed by atoms with Crippen molar-refractivity contribution >= 4 is 20.5 Å². The normalized spacial score (nSPS) is 12.2. The number of rotatable bonds is 4. The topological polar surface area (TPSA) is 0 Å². The molecule has 2 heteroatoms. The molecule has 0 nitrogen and oxygen atoms in total. The molecule has 0 spiro atoms. The van der Waals surface area contributed by atoms with Gasteiger partial charge in [-0.25, -0.2) is 0 Å². The number of hydrogen-bond donors (Lipinski definition) is 0. The summed E-state index contributed by atoms with van der Waals surface area (Å²) in [6.45, 7) is 19.9. The van der Waals surface area contributed by atoms with Gasteiger partial charge in [0.15, 0.2) is 0 Å². The molecule has 0 aromatic heterocycles. The molecular formula is C27H35P2+. The Bertz CT molecular complexity index is 947. The maximum absolute atomic E-state index is 2.47. The lowest BCUT2D eigenvalue weighted by Crippen LogP contribution is -2.09. The van der Waals surface area contributed by atoms with Gasteiger partial charge in [-0.15, -0.1) is 0 Å². The van der Waals surface area contributed by atoms with Gasteiger partial charge in [-0.1, -0.05) is 53.6 Å². The summed E-state index contributed by atoms with van der Waals surface area (Å²) in [7, 11) is 0.854. The van der Waals surface area contributed by atoms with Gasteiger partial charge in [0.05, 0.1) is 28.3 Å². The minimum absolute atomic E-state index is 0.854. The maximum Gasteiger partial charge on any atom is 0.0733 e. The average Bonchev–Trinajstić information content (AvgIpc) is 2.54. The van der Waals surface area contributed by atoms with Crippen LogP contribution in [0, 0.1) is 41.5 Å². The van der Waals surface area contributed by atoms with Gasteiger partial charge < -0.3 is 0 Å². The van der Waals surface area contributed by atoms with Crippen LogP contribution in [-0.2, 0) is 0 Å². The molecule has 0 fully saturated rings. The zero-order valence-corrected chi connectivity index (χ0v) is 21.4. The van der Waals surface area contributed by atoms with Crippen LogP contribution in [0.4, 0.5) is 0 Å². The average molecular weight is 422 g/mol. The molecule has 3 aromatic rings. The van der Waals surface area contributed by atoms with Crippen molar-refractivity contribution in [3.05, 3.63) is 75.8 Å². The molecule has 0 radical (unpaired) electrons. The first-order valence-corrected chi connectivity index (χ1v) is 15.3. The molecule has 0 amide bonds. The molecule has 0 aliphatic carbocycles. The van der Waals surface area contributed by atoms with E-state index < -0.39 is 6.95 Å².